The minimum Gasteiger partial charge on any atom is -0.342 e. The SMILES string of the molecule is CC(C)C(=O)N1CCC(N2CCC([C@H]3CC[C@H](C(C)C)CC3)CC2)CC1. The van der Waals surface area contributed by atoms with Crippen LogP contribution in [0.2, 0.25) is 0 Å². The molecule has 3 rings (SSSR count). The van der Waals surface area contributed by atoms with Gasteiger partial charge in [-0.2, -0.15) is 0 Å². The van der Waals surface area contributed by atoms with Crippen molar-refractivity contribution in [1.82, 2.24) is 9.80 Å². The van der Waals surface area contributed by atoms with Crippen LogP contribution in [-0.2, 0) is 4.79 Å². The maximum Gasteiger partial charge on any atom is 0.225 e. The zero-order valence-electron chi connectivity index (χ0n) is 17.8. The van der Waals surface area contributed by atoms with Crippen molar-refractivity contribution in [2.75, 3.05) is 26.2 Å². The lowest BCUT2D eigenvalue weighted by Crippen LogP contribution is -2.50. The van der Waals surface area contributed by atoms with Gasteiger partial charge in [0.25, 0.3) is 0 Å². The summed E-state index contributed by atoms with van der Waals surface area (Å²) < 4.78 is 0. The number of hydrogen-bond acceptors (Lipinski definition) is 2. The van der Waals surface area contributed by atoms with E-state index in [0.717, 1.165) is 42.8 Å². The summed E-state index contributed by atoms with van der Waals surface area (Å²) in [6.07, 6.45) is 11.1. The molecular weight excluding hydrogens is 320 g/mol. The first-order valence-corrected chi connectivity index (χ1v) is 11.5. The van der Waals surface area contributed by atoms with Crippen LogP contribution in [0.25, 0.3) is 0 Å². The van der Waals surface area contributed by atoms with E-state index in [-0.39, 0.29) is 5.92 Å². The van der Waals surface area contributed by atoms with Gasteiger partial charge in [0.1, 0.15) is 0 Å². The van der Waals surface area contributed by atoms with E-state index >= 15 is 0 Å². The summed E-state index contributed by atoms with van der Waals surface area (Å²) in [5.74, 6) is 4.36. The van der Waals surface area contributed by atoms with Crippen LogP contribution in [0.3, 0.4) is 0 Å². The van der Waals surface area contributed by atoms with Crippen LogP contribution in [-0.4, -0.2) is 47.9 Å². The predicted octanol–water partition coefficient (Wildman–Crippen LogP) is 4.81. The standard InChI is InChI=1S/C23H42N2O/c1-17(2)19-5-7-20(8-6-19)21-9-13-24(14-10-21)22-11-15-25(16-12-22)23(26)18(3)4/h17-22H,5-16H2,1-4H3/t19-,20-. The topological polar surface area (TPSA) is 23.6 Å². The van der Waals surface area contributed by atoms with Gasteiger partial charge in [0.2, 0.25) is 5.91 Å². The third-order valence-electron chi connectivity index (χ3n) is 7.79. The Morgan fingerprint density at radius 2 is 1.27 bits per heavy atom. The number of carbonyl (C=O) groups excluding carboxylic acids is 1. The highest BCUT2D eigenvalue weighted by Gasteiger charge is 2.34. The molecule has 0 aromatic rings. The lowest BCUT2D eigenvalue weighted by atomic mass is 9.70. The fourth-order valence-corrected chi connectivity index (χ4v) is 5.86. The normalized spacial score (nSPS) is 30.3. The van der Waals surface area contributed by atoms with Gasteiger partial charge in [-0.15, -0.1) is 0 Å². The smallest absolute Gasteiger partial charge is 0.225 e. The van der Waals surface area contributed by atoms with E-state index in [4.69, 9.17) is 0 Å². The number of nitrogens with zero attached hydrogens (tertiary/aromatic N) is 2. The second-order valence-electron chi connectivity index (χ2n) is 10.0. The summed E-state index contributed by atoms with van der Waals surface area (Å²) >= 11 is 0. The molecule has 0 aromatic heterocycles. The molecule has 3 aliphatic rings. The third kappa shape index (κ3) is 4.82. The van der Waals surface area contributed by atoms with Gasteiger partial charge in [-0.1, -0.05) is 27.7 Å². The second kappa shape index (κ2) is 9.08. The van der Waals surface area contributed by atoms with Crippen molar-refractivity contribution in [3.8, 4) is 0 Å². The Hall–Kier alpha value is -0.570. The highest BCUT2D eigenvalue weighted by atomic mass is 16.2. The molecule has 0 atom stereocenters. The minimum absolute atomic E-state index is 0.146. The first-order valence-electron chi connectivity index (χ1n) is 11.5. The van der Waals surface area contributed by atoms with E-state index in [1.165, 1.54) is 64.5 Å². The van der Waals surface area contributed by atoms with Gasteiger partial charge in [0.05, 0.1) is 0 Å². The molecule has 3 fully saturated rings. The van der Waals surface area contributed by atoms with E-state index in [1.54, 1.807) is 0 Å². The second-order valence-corrected chi connectivity index (χ2v) is 10.0. The van der Waals surface area contributed by atoms with Crippen LogP contribution in [0.4, 0.5) is 0 Å². The minimum atomic E-state index is 0.146. The summed E-state index contributed by atoms with van der Waals surface area (Å²) in [6, 6.07) is 0.726. The van der Waals surface area contributed by atoms with Crippen molar-refractivity contribution in [3.63, 3.8) is 0 Å². The average molecular weight is 363 g/mol. The number of likely N-dealkylation sites (tertiary alicyclic amines) is 2. The van der Waals surface area contributed by atoms with Crippen molar-refractivity contribution in [1.29, 1.82) is 0 Å². The Morgan fingerprint density at radius 1 is 0.731 bits per heavy atom. The molecule has 2 heterocycles. The molecule has 1 aliphatic carbocycles. The first kappa shape index (κ1) is 20.2. The number of rotatable bonds is 4. The molecule has 150 valence electrons. The van der Waals surface area contributed by atoms with Crippen LogP contribution in [0.1, 0.15) is 79.1 Å². The zero-order valence-corrected chi connectivity index (χ0v) is 17.8. The monoisotopic (exact) mass is 362 g/mol. The highest BCUT2D eigenvalue weighted by Crippen LogP contribution is 2.40. The Morgan fingerprint density at radius 3 is 1.77 bits per heavy atom. The molecule has 0 aromatic carbocycles. The van der Waals surface area contributed by atoms with Crippen molar-refractivity contribution in [3.05, 3.63) is 0 Å². The number of piperidine rings is 2. The summed E-state index contributed by atoms with van der Waals surface area (Å²) in [5.41, 5.74) is 0. The van der Waals surface area contributed by atoms with Crippen LogP contribution in [0, 0.1) is 29.6 Å². The number of carbonyl (C=O) groups is 1. The predicted molar refractivity (Wildman–Crippen MR) is 109 cm³/mol. The van der Waals surface area contributed by atoms with E-state index in [2.05, 4.69) is 23.6 Å². The van der Waals surface area contributed by atoms with E-state index in [0.29, 0.717) is 5.91 Å². The van der Waals surface area contributed by atoms with Crippen LogP contribution >= 0.6 is 0 Å². The van der Waals surface area contributed by atoms with Gasteiger partial charge < -0.3 is 9.80 Å². The fraction of sp³-hybridized carbons (Fsp3) is 0.957. The van der Waals surface area contributed by atoms with E-state index < -0.39 is 0 Å². The van der Waals surface area contributed by atoms with E-state index in [1.807, 2.05) is 13.8 Å². The molecule has 0 bridgehead atoms. The molecule has 3 heteroatoms. The molecule has 1 saturated carbocycles. The molecule has 3 nitrogen and oxygen atoms in total. The Bertz CT molecular complexity index is 437. The average Bonchev–Trinajstić information content (AvgIpc) is 2.67. The van der Waals surface area contributed by atoms with E-state index in [9.17, 15) is 4.79 Å². The Balaban J connectivity index is 1.39. The fourth-order valence-electron chi connectivity index (χ4n) is 5.86. The van der Waals surface area contributed by atoms with Crippen molar-refractivity contribution >= 4 is 5.91 Å². The Kier molecular flexibility index (Phi) is 7.05. The van der Waals surface area contributed by atoms with Gasteiger partial charge in [0, 0.05) is 25.0 Å². The quantitative estimate of drug-likeness (QED) is 0.716. The lowest BCUT2D eigenvalue weighted by molar-refractivity contribution is -0.136. The van der Waals surface area contributed by atoms with Crippen molar-refractivity contribution in [2.24, 2.45) is 29.6 Å². The molecular formula is C23H42N2O. The van der Waals surface area contributed by atoms with Gasteiger partial charge >= 0.3 is 0 Å². The van der Waals surface area contributed by atoms with Crippen molar-refractivity contribution < 1.29 is 4.79 Å². The van der Waals surface area contributed by atoms with Crippen LogP contribution in [0.15, 0.2) is 0 Å². The molecule has 0 N–H and O–H groups in total. The zero-order chi connectivity index (χ0) is 18.7. The number of hydrogen-bond donors (Lipinski definition) is 0. The van der Waals surface area contributed by atoms with Crippen LogP contribution < -0.4 is 0 Å². The molecule has 0 spiro atoms. The van der Waals surface area contributed by atoms with Gasteiger partial charge in [-0.25, -0.2) is 0 Å². The maximum atomic E-state index is 12.2. The largest absolute Gasteiger partial charge is 0.342 e. The van der Waals surface area contributed by atoms with Gasteiger partial charge in [-0.05, 0) is 88.1 Å². The molecule has 0 radical (unpaired) electrons. The Labute approximate surface area is 161 Å². The lowest BCUT2D eigenvalue weighted by Gasteiger charge is -2.44. The number of amides is 1. The summed E-state index contributed by atoms with van der Waals surface area (Å²) in [7, 11) is 0. The molecule has 1 amide bonds. The van der Waals surface area contributed by atoms with Crippen molar-refractivity contribution in [2.45, 2.75) is 85.1 Å². The summed E-state index contributed by atoms with van der Waals surface area (Å²) in [5, 5.41) is 0. The third-order valence-corrected chi connectivity index (χ3v) is 7.79. The maximum absolute atomic E-state index is 12.2. The summed E-state index contributed by atoms with van der Waals surface area (Å²) in [4.78, 5) is 17.0. The molecule has 2 saturated heterocycles. The summed E-state index contributed by atoms with van der Waals surface area (Å²) in [6.45, 7) is 13.4. The molecule has 0 unspecified atom stereocenters. The highest BCUT2D eigenvalue weighted by molar-refractivity contribution is 5.78. The molecule has 26 heavy (non-hydrogen) atoms. The van der Waals surface area contributed by atoms with Crippen LogP contribution in [0.5, 0.6) is 0 Å². The molecule has 2 aliphatic heterocycles. The first-order chi connectivity index (χ1) is 12.5. The van der Waals surface area contributed by atoms with Gasteiger partial charge in [-0.3, -0.25) is 4.79 Å². The van der Waals surface area contributed by atoms with Gasteiger partial charge in [0.15, 0.2) is 0 Å².